The van der Waals surface area contributed by atoms with Crippen molar-refractivity contribution in [2.75, 3.05) is 12.4 Å². The molecule has 3 N–H and O–H groups in total. The number of aromatic nitrogens is 3. The monoisotopic (exact) mass is 278 g/mol. The Kier molecular flexibility index (Phi) is 4.57. The van der Waals surface area contributed by atoms with Crippen LogP contribution in [0.1, 0.15) is 12.0 Å². The average molecular weight is 278 g/mol. The third-order valence-corrected chi connectivity index (χ3v) is 4.12. The lowest BCUT2D eigenvalue weighted by Gasteiger charge is -2.27. The molecule has 1 atom stereocenters. The smallest absolute Gasteiger partial charge is 0.185 e. The average Bonchev–Trinajstić information content (AvgIpc) is 2.85. The first-order valence-electron chi connectivity index (χ1n) is 6.08. The highest BCUT2D eigenvalue weighted by Gasteiger charge is 2.26. The van der Waals surface area contributed by atoms with Crippen molar-refractivity contribution in [2.24, 2.45) is 12.8 Å². The lowest BCUT2D eigenvalue weighted by atomic mass is 9.89. The van der Waals surface area contributed by atoms with Crippen LogP contribution in [0.2, 0.25) is 0 Å². The lowest BCUT2D eigenvalue weighted by molar-refractivity contribution is 0.193. The maximum Gasteiger partial charge on any atom is 0.185 e. The number of aliphatic hydroxyl groups excluding tert-OH is 1. The number of hydrogen-bond donors (Lipinski definition) is 2. The summed E-state index contributed by atoms with van der Waals surface area (Å²) < 4.78 is 1.73. The molecule has 0 saturated heterocycles. The van der Waals surface area contributed by atoms with Gasteiger partial charge in [0.2, 0.25) is 0 Å². The van der Waals surface area contributed by atoms with Gasteiger partial charge in [-0.05, 0) is 12.0 Å². The Morgan fingerprint density at radius 1 is 1.37 bits per heavy atom. The molecular formula is C13H18N4OS. The van der Waals surface area contributed by atoms with E-state index in [0.717, 1.165) is 16.5 Å². The van der Waals surface area contributed by atoms with E-state index < -0.39 is 5.54 Å². The second-order valence-corrected chi connectivity index (χ2v) is 5.51. The molecule has 0 fully saturated rings. The van der Waals surface area contributed by atoms with Crippen LogP contribution < -0.4 is 5.73 Å². The van der Waals surface area contributed by atoms with Crippen molar-refractivity contribution in [3.8, 4) is 0 Å². The molecule has 2 aromatic rings. The van der Waals surface area contributed by atoms with E-state index in [9.17, 15) is 5.11 Å². The molecule has 1 unspecified atom stereocenters. The third-order valence-electron chi connectivity index (χ3n) is 3.08. The molecule has 6 heteroatoms. The van der Waals surface area contributed by atoms with Crippen LogP contribution in [0.3, 0.4) is 0 Å². The number of nitrogens with two attached hydrogens (primary N) is 1. The van der Waals surface area contributed by atoms with Crippen molar-refractivity contribution in [1.82, 2.24) is 14.8 Å². The van der Waals surface area contributed by atoms with Gasteiger partial charge in [0.1, 0.15) is 6.33 Å². The Balaban J connectivity index is 1.98. The van der Waals surface area contributed by atoms with Crippen LogP contribution in [0.25, 0.3) is 0 Å². The molecule has 0 aliphatic heterocycles. The van der Waals surface area contributed by atoms with Crippen LogP contribution in [-0.4, -0.2) is 32.2 Å². The molecule has 0 aliphatic carbocycles. The zero-order valence-corrected chi connectivity index (χ0v) is 11.7. The molecule has 0 aliphatic rings. The van der Waals surface area contributed by atoms with Gasteiger partial charge < -0.3 is 10.8 Å². The van der Waals surface area contributed by atoms with Crippen molar-refractivity contribution in [1.29, 1.82) is 0 Å². The van der Waals surface area contributed by atoms with Gasteiger partial charge in [-0.3, -0.25) is 0 Å². The van der Waals surface area contributed by atoms with Gasteiger partial charge in [0.05, 0.1) is 12.1 Å². The van der Waals surface area contributed by atoms with Crippen LogP contribution in [0.5, 0.6) is 0 Å². The summed E-state index contributed by atoms with van der Waals surface area (Å²) in [7, 11) is 1.86. The molecule has 0 saturated carbocycles. The van der Waals surface area contributed by atoms with Crippen molar-refractivity contribution < 1.29 is 5.11 Å². The van der Waals surface area contributed by atoms with E-state index in [2.05, 4.69) is 10.1 Å². The van der Waals surface area contributed by atoms with Gasteiger partial charge in [0.15, 0.2) is 5.16 Å². The number of benzene rings is 1. The molecule has 1 aromatic carbocycles. The molecule has 0 amide bonds. The Morgan fingerprint density at radius 2 is 2.11 bits per heavy atom. The van der Waals surface area contributed by atoms with Crippen LogP contribution in [0, 0.1) is 0 Å². The van der Waals surface area contributed by atoms with Gasteiger partial charge in [0.25, 0.3) is 0 Å². The summed E-state index contributed by atoms with van der Waals surface area (Å²) in [5.74, 6) is 0.776. The van der Waals surface area contributed by atoms with E-state index in [1.165, 1.54) is 6.33 Å². The van der Waals surface area contributed by atoms with E-state index in [-0.39, 0.29) is 6.61 Å². The highest BCUT2D eigenvalue weighted by molar-refractivity contribution is 7.99. The predicted molar refractivity (Wildman–Crippen MR) is 75.7 cm³/mol. The minimum absolute atomic E-state index is 0.0730. The fourth-order valence-electron chi connectivity index (χ4n) is 1.83. The van der Waals surface area contributed by atoms with Crippen molar-refractivity contribution in [3.05, 3.63) is 42.2 Å². The number of aryl methyl sites for hydroxylation is 1. The topological polar surface area (TPSA) is 77.0 Å². The first-order valence-corrected chi connectivity index (χ1v) is 7.06. The van der Waals surface area contributed by atoms with Crippen LogP contribution in [0.4, 0.5) is 0 Å². The second kappa shape index (κ2) is 6.18. The highest BCUT2D eigenvalue weighted by atomic mass is 32.2. The zero-order chi connectivity index (χ0) is 13.7. The van der Waals surface area contributed by atoms with E-state index in [1.54, 1.807) is 16.4 Å². The summed E-state index contributed by atoms with van der Waals surface area (Å²) in [6.07, 6.45) is 2.20. The van der Waals surface area contributed by atoms with E-state index in [0.29, 0.717) is 6.42 Å². The van der Waals surface area contributed by atoms with Gasteiger partial charge >= 0.3 is 0 Å². The van der Waals surface area contributed by atoms with Gasteiger partial charge in [-0.15, -0.1) is 0 Å². The Hall–Kier alpha value is -1.37. The number of hydrogen-bond acceptors (Lipinski definition) is 5. The van der Waals surface area contributed by atoms with Gasteiger partial charge in [-0.2, -0.15) is 5.10 Å². The van der Waals surface area contributed by atoms with Gasteiger partial charge in [0, 0.05) is 12.8 Å². The summed E-state index contributed by atoms with van der Waals surface area (Å²) >= 11 is 1.59. The minimum Gasteiger partial charge on any atom is -0.394 e. The Morgan fingerprint density at radius 3 is 2.68 bits per heavy atom. The standard InChI is InChI=1S/C13H18N4OS/c1-17-12(15-10-16-17)19-8-7-13(14,9-18)11-5-3-2-4-6-11/h2-6,10,18H,7-9,14H2,1H3. The van der Waals surface area contributed by atoms with Crippen molar-refractivity contribution in [3.63, 3.8) is 0 Å². The summed E-state index contributed by atoms with van der Waals surface area (Å²) in [6, 6.07) is 9.70. The quantitative estimate of drug-likeness (QED) is 0.775. The number of thioether (sulfide) groups is 1. The Labute approximate surface area is 116 Å². The van der Waals surface area contributed by atoms with E-state index in [4.69, 9.17) is 5.73 Å². The highest BCUT2D eigenvalue weighted by Crippen LogP contribution is 2.25. The number of aliphatic hydroxyl groups is 1. The SMILES string of the molecule is Cn1ncnc1SCCC(N)(CO)c1ccccc1. The van der Waals surface area contributed by atoms with E-state index >= 15 is 0 Å². The normalized spacial score (nSPS) is 14.3. The molecule has 0 radical (unpaired) electrons. The first-order chi connectivity index (χ1) is 9.15. The molecule has 1 aromatic heterocycles. The molecule has 19 heavy (non-hydrogen) atoms. The van der Waals surface area contributed by atoms with Crippen molar-refractivity contribution in [2.45, 2.75) is 17.1 Å². The summed E-state index contributed by atoms with van der Waals surface area (Å²) in [5.41, 5.74) is 6.54. The minimum atomic E-state index is -0.702. The maximum absolute atomic E-state index is 9.58. The van der Waals surface area contributed by atoms with Crippen LogP contribution in [-0.2, 0) is 12.6 Å². The zero-order valence-electron chi connectivity index (χ0n) is 10.9. The first kappa shape index (κ1) is 14.0. The molecule has 2 rings (SSSR count). The van der Waals surface area contributed by atoms with Crippen LogP contribution >= 0.6 is 11.8 Å². The number of rotatable bonds is 6. The summed E-state index contributed by atoms with van der Waals surface area (Å²) in [5, 5.41) is 14.5. The Bertz CT molecular complexity index is 516. The molecular weight excluding hydrogens is 260 g/mol. The summed E-state index contributed by atoms with van der Waals surface area (Å²) in [4.78, 5) is 4.15. The second-order valence-electron chi connectivity index (χ2n) is 4.44. The summed E-state index contributed by atoms with van der Waals surface area (Å²) in [6.45, 7) is -0.0730. The van der Waals surface area contributed by atoms with Gasteiger partial charge in [-0.25, -0.2) is 9.67 Å². The van der Waals surface area contributed by atoms with E-state index in [1.807, 2.05) is 37.4 Å². The molecule has 0 spiro atoms. The number of nitrogens with zero attached hydrogens (tertiary/aromatic N) is 3. The predicted octanol–water partition coefficient (Wildman–Crippen LogP) is 1.14. The molecule has 5 nitrogen and oxygen atoms in total. The largest absolute Gasteiger partial charge is 0.394 e. The third kappa shape index (κ3) is 3.34. The van der Waals surface area contributed by atoms with Crippen LogP contribution in [0.15, 0.2) is 41.8 Å². The molecule has 102 valence electrons. The molecule has 0 bridgehead atoms. The lowest BCUT2D eigenvalue weighted by Crippen LogP contribution is -2.41. The maximum atomic E-state index is 9.58. The van der Waals surface area contributed by atoms with Crippen molar-refractivity contribution >= 4 is 11.8 Å². The fourth-order valence-corrected chi connectivity index (χ4v) is 2.83. The molecule has 1 heterocycles. The fraction of sp³-hybridized carbons (Fsp3) is 0.385. The van der Waals surface area contributed by atoms with Gasteiger partial charge in [-0.1, -0.05) is 42.1 Å².